The molecule has 396 valence electrons. The maximum atomic E-state index is 13.5. The summed E-state index contributed by atoms with van der Waals surface area (Å²) in [5.74, 6) is -1.55. The summed E-state index contributed by atoms with van der Waals surface area (Å²) >= 11 is 0. The number of Topliss-reactive ketones (excluding diaryl/α,β-unsaturated/α-hetero) is 5. The van der Waals surface area contributed by atoms with Gasteiger partial charge in [-0.05, 0) is 39.0 Å². The van der Waals surface area contributed by atoms with Crippen molar-refractivity contribution in [1.29, 1.82) is 0 Å². The van der Waals surface area contributed by atoms with E-state index in [1.165, 1.54) is 90.4 Å². The molecule has 0 saturated heterocycles. The zero-order chi connectivity index (χ0) is 50.8. The van der Waals surface area contributed by atoms with E-state index in [0.717, 1.165) is 18.5 Å². The van der Waals surface area contributed by atoms with Crippen LogP contribution in [0.3, 0.4) is 0 Å². The van der Waals surface area contributed by atoms with Gasteiger partial charge in [0.1, 0.15) is 42.1 Å². The third kappa shape index (κ3) is 36.9. The Hall–Kier alpha value is -3.66. The highest BCUT2D eigenvalue weighted by molar-refractivity contribution is 5.95. The number of aromatic amines is 1. The Kier molecular flexibility index (Phi) is 38.6. The second-order valence-corrected chi connectivity index (χ2v) is 19.6. The Morgan fingerprint density at radius 1 is 0.609 bits per heavy atom. The summed E-state index contributed by atoms with van der Waals surface area (Å²) < 4.78 is 21.8. The quantitative estimate of drug-likeness (QED) is 0.0522. The summed E-state index contributed by atoms with van der Waals surface area (Å²) in [6.07, 6.45) is 27.2. The van der Waals surface area contributed by atoms with Gasteiger partial charge < -0.3 is 39.4 Å². The van der Waals surface area contributed by atoms with Crippen LogP contribution in [0.4, 0.5) is 0 Å². The van der Waals surface area contributed by atoms with Gasteiger partial charge in [0.15, 0.2) is 0 Å². The van der Waals surface area contributed by atoms with Gasteiger partial charge in [-0.1, -0.05) is 124 Å². The van der Waals surface area contributed by atoms with E-state index in [1.807, 2.05) is 6.92 Å². The third-order valence-corrected chi connectivity index (χ3v) is 12.5. The Morgan fingerprint density at radius 3 is 1.71 bits per heavy atom. The molecular formula is C54H94N4O11. The standard InChI is InChI=1S/C54H94N4O11/c1-6-7-8-9-10-11-12-13-14-15-16-17-18-19-20-25-48(60)26-23-31-66-33-35-68-42-53(65)57-30-32-67-34-36-69-41-52(64)56-29-22-21-24-46(49(61)28-27-45(3)59)38-51(63)54(4,5)39-50(62)44(2)37-47-40-55-43-58-47/h40,43-44,46H,6-39,41-42H2,1-5H3,(H,55,58)(H,56,64)(H,57,65)/t44-,46+/m0/s1. The molecule has 0 aliphatic rings. The summed E-state index contributed by atoms with van der Waals surface area (Å²) in [5.41, 5.74) is -0.102. The molecule has 1 heterocycles. The number of amides is 2. The largest absolute Gasteiger partial charge is 0.379 e. The van der Waals surface area contributed by atoms with Crippen molar-refractivity contribution in [1.82, 2.24) is 20.6 Å². The molecule has 0 radical (unpaired) electrons. The number of imidazole rings is 1. The lowest BCUT2D eigenvalue weighted by Crippen LogP contribution is -2.33. The fraction of sp³-hybridized carbons (Fsp3) is 0.815. The molecule has 2 atom stereocenters. The van der Waals surface area contributed by atoms with E-state index >= 15 is 0 Å². The molecule has 1 aromatic heterocycles. The molecule has 15 heteroatoms. The lowest BCUT2D eigenvalue weighted by atomic mass is 9.75. The van der Waals surface area contributed by atoms with Gasteiger partial charge in [-0.2, -0.15) is 0 Å². The van der Waals surface area contributed by atoms with Gasteiger partial charge in [0.05, 0.1) is 39.4 Å². The van der Waals surface area contributed by atoms with E-state index in [9.17, 15) is 33.6 Å². The van der Waals surface area contributed by atoms with Crippen LogP contribution in [0, 0.1) is 17.3 Å². The molecule has 1 aromatic rings. The van der Waals surface area contributed by atoms with Crippen molar-refractivity contribution >= 4 is 40.7 Å². The van der Waals surface area contributed by atoms with Crippen LogP contribution < -0.4 is 10.6 Å². The molecule has 69 heavy (non-hydrogen) atoms. The third-order valence-electron chi connectivity index (χ3n) is 12.5. The van der Waals surface area contributed by atoms with Gasteiger partial charge in [-0.3, -0.25) is 28.8 Å². The average molecular weight is 975 g/mol. The first-order valence-corrected chi connectivity index (χ1v) is 26.7. The van der Waals surface area contributed by atoms with Gasteiger partial charge in [-0.25, -0.2) is 4.98 Å². The second kappa shape index (κ2) is 42.1. The zero-order valence-electron chi connectivity index (χ0n) is 43.7. The minimum atomic E-state index is -0.948. The molecule has 2 amide bonds. The number of nitrogens with one attached hydrogen (secondary N) is 3. The number of H-pyrrole nitrogens is 1. The molecule has 3 N–H and O–H groups in total. The lowest BCUT2D eigenvalue weighted by Gasteiger charge is -2.26. The Morgan fingerprint density at radius 2 is 1.14 bits per heavy atom. The first kappa shape index (κ1) is 63.4. The molecule has 0 bridgehead atoms. The smallest absolute Gasteiger partial charge is 0.246 e. The molecule has 0 aliphatic heterocycles. The number of unbranched alkanes of at least 4 members (excludes halogenated alkanes) is 15. The van der Waals surface area contributed by atoms with Crippen LogP contribution in [0.5, 0.6) is 0 Å². The second-order valence-electron chi connectivity index (χ2n) is 19.6. The normalized spacial score (nSPS) is 12.4. The van der Waals surface area contributed by atoms with E-state index in [1.54, 1.807) is 26.4 Å². The van der Waals surface area contributed by atoms with Crippen LogP contribution in [0.15, 0.2) is 12.5 Å². The van der Waals surface area contributed by atoms with Gasteiger partial charge in [0.2, 0.25) is 11.8 Å². The summed E-state index contributed by atoms with van der Waals surface area (Å²) in [7, 11) is 0. The number of aromatic nitrogens is 2. The summed E-state index contributed by atoms with van der Waals surface area (Å²) in [6, 6.07) is 0. The summed E-state index contributed by atoms with van der Waals surface area (Å²) in [4.78, 5) is 94.6. The topological polar surface area (TPSA) is 209 Å². The highest BCUT2D eigenvalue weighted by Crippen LogP contribution is 2.30. The van der Waals surface area contributed by atoms with E-state index in [4.69, 9.17) is 18.9 Å². The number of hydrogen-bond acceptors (Lipinski definition) is 12. The molecule has 1 rings (SSSR count). The Labute approximate surface area is 415 Å². The first-order chi connectivity index (χ1) is 33.2. The molecule has 0 aliphatic carbocycles. The van der Waals surface area contributed by atoms with E-state index < -0.39 is 11.3 Å². The number of nitrogens with zero attached hydrogens (tertiary/aromatic N) is 1. The number of ether oxygens (including phenoxy) is 4. The van der Waals surface area contributed by atoms with Crippen molar-refractivity contribution in [3.63, 3.8) is 0 Å². The highest BCUT2D eigenvalue weighted by atomic mass is 16.5. The predicted octanol–water partition coefficient (Wildman–Crippen LogP) is 9.17. The molecule has 0 saturated carbocycles. The van der Waals surface area contributed by atoms with Crippen LogP contribution in [0.25, 0.3) is 0 Å². The number of ketones is 5. The van der Waals surface area contributed by atoms with Crippen molar-refractivity contribution in [2.75, 3.05) is 65.9 Å². The predicted molar refractivity (Wildman–Crippen MR) is 270 cm³/mol. The molecule has 0 aromatic carbocycles. The highest BCUT2D eigenvalue weighted by Gasteiger charge is 2.34. The van der Waals surface area contributed by atoms with E-state index in [0.29, 0.717) is 77.0 Å². The minimum absolute atomic E-state index is 0.00326. The van der Waals surface area contributed by atoms with E-state index in [-0.39, 0.29) is 106 Å². The van der Waals surface area contributed by atoms with Crippen LogP contribution in [0.1, 0.15) is 201 Å². The van der Waals surface area contributed by atoms with Crippen molar-refractivity contribution in [2.45, 2.75) is 202 Å². The van der Waals surface area contributed by atoms with Gasteiger partial charge >= 0.3 is 0 Å². The van der Waals surface area contributed by atoms with E-state index in [2.05, 4.69) is 27.5 Å². The fourth-order valence-corrected chi connectivity index (χ4v) is 8.00. The van der Waals surface area contributed by atoms with Gasteiger partial charge in [0, 0.05) is 87.4 Å². The van der Waals surface area contributed by atoms with Gasteiger partial charge in [-0.15, -0.1) is 0 Å². The van der Waals surface area contributed by atoms with Crippen LogP contribution in [-0.2, 0) is 58.9 Å². The fourth-order valence-electron chi connectivity index (χ4n) is 8.00. The van der Waals surface area contributed by atoms with Gasteiger partial charge in [0.25, 0.3) is 0 Å². The summed E-state index contributed by atoms with van der Waals surface area (Å²) in [5, 5.41) is 5.51. The number of carbonyl (C=O) groups is 7. The lowest BCUT2D eigenvalue weighted by molar-refractivity contribution is -0.136. The first-order valence-electron chi connectivity index (χ1n) is 26.7. The van der Waals surface area contributed by atoms with Crippen LogP contribution >= 0.6 is 0 Å². The SMILES string of the molecule is CCCCCCCCCCCCCCCCCC(=O)CCCOCCOCC(=O)NCCOCCOCC(=O)NCCCC[C@H](CC(=O)C(C)(C)CC(=O)[C@@H](C)Cc1cnc[nH]1)C(=O)CCC(C)=O. The number of hydrogen-bond donors (Lipinski definition) is 3. The van der Waals surface area contributed by atoms with Crippen molar-refractivity contribution in [2.24, 2.45) is 17.3 Å². The Bertz CT molecular complexity index is 1530. The van der Waals surface area contributed by atoms with Crippen molar-refractivity contribution in [3.8, 4) is 0 Å². The van der Waals surface area contributed by atoms with Crippen molar-refractivity contribution in [3.05, 3.63) is 18.2 Å². The molecular weight excluding hydrogens is 881 g/mol. The zero-order valence-corrected chi connectivity index (χ0v) is 43.7. The van der Waals surface area contributed by atoms with Crippen molar-refractivity contribution < 1.29 is 52.5 Å². The minimum Gasteiger partial charge on any atom is -0.379 e. The number of carbonyl (C=O) groups excluding carboxylic acids is 7. The molecule has 15 nitrogen and oxygen atoms in total. The maximum Gasteiger partial charge on any atom is 0.246 e. The average Bonchev–Trinajstić information content (AvgIpc) is 3.83. The maximum absolute atomic E-state index is 13.5. The molecule has 0 fully saturated rings. The Balaban J connectivity index is 2.03. The monoisotopic (exact) mass is 975 g/mol. The number of rotatable bonds is 50. The van der Waals surface area contributed by atoms with Crippen LogP contribution in [0.2, 0.25) is 0 Å². The summed E-state index contributed by atoms with van der Waals surface area (Å²) in [6.45, 7) is 11.3. The molecule has 0 spiro atoms. The molecule has 0 unspecified atom stereocenters. The van der Waals surface area contributed by atoms with Crippen LogP contribution in [-0.4, -0.2) is 117 Å².